The number of anilines is 1. The van der Waals surface area contributed by atoms with Crippen molar-refractivity contribution in [3.8, 4) is 0 Å². The largest absolute Gasteiger partial charge is 0.394 e. The summed E-state index contributed by atoms with van der Waals surface area (Å²) in [5.41, 5.74) is 7.64. The highest BCUT2D eigenvalue weighted by Gasteiger charge is 2.36. The molecule has 1 unspecified atom stereocenters. The summed E-state index contributed by atoms with van der Waals surface area (Å²) < 4.78 is 0. The van der Waals surface area contributed by atoms with Crippen molar-refractivity contribution in [2.75, 3.05) is 5.32 Å². The minimum Gasteiger partial charge on any atom is -0.394 e. The second kappa shape index (κ2) is 4.75. The lowest BCUT2D eigenvalue weighted by Crippen LogP contribution is -2.43. The fraction of sp³-hybridized carbons (Fsp3) is 0.182. The topological polar surface area (TPSA) is 87.4 Å². The normalized spacial score (nSPS) is 19.2. The van der Waals surface area contributed by atoms with E-state index in [9.17, 15) is 9.90 Å². The van der Waals surface area contributed by atoms with Crippen LogP contribution in [0.4, 0.5) is 5.69 Å². The van der Waals surface area contributed by atoms with Crippen molar-refractivity contribution in [1.29, 1.82) is 0 Å². The lowest BCUT2D eigenvalue weighted by molar-refractivity contribution is -0.124. The third-order valence-electron chi connectivity index (χ3n) is 2.55. The lowest BCUT2D eigenvalue weighted by atomic mass is 9.95. The number of halogens is 1. The van der Waals surface area contributed by atoms with Crippen LogP contribution in [0, 0.1) is 0 Å². The van der Waals surface area contributed by atoms with Gasteiger partial charge in [0, 0.05) is 12.2 Å². The molecule has 5 nitrogen and oxygen atoms in total. The van der Waals surface area contributed by atoms with Gasteiger partial charge in [0.1, 0.15) is 5.70 Å². The Kier molecular flexibility index (Phi) is 3.33. The quantitative estimate of drug-likeness (QED) is 0.586. The van der Waals surface area contributed by atoms with E-state index in [4.69, 9.17) is 17.5 Å². The fourth-order valence-corrected chi connectivity index (χ4v) is 1.76. The van der Waals surface area contributed by atoms with Crippen molar-refractivity contribution in [2.45, 2.75) is 12.6 Å². The highest BCUT2D eigenvalue weighted by Crippen LogP contribution is 2.23. The standard InChI is InChI=1S/C11H12ClN3O2/c12-14-5-6-2-1-3-7(4-6)15-9-8(13)10(16)11(9)17/h1-4,11,14-15,17H,5,13H2. The van der Waals surface area contributed by atoms with Crippen LogP contribution in [0.3, 0.4) is 0 Å². The van der Waals surface area contributed by atoms with Crippen LogP contribution < -0.4 is 15.9 Å². The van der Waals surface area contributed by atoms with Crippen molar-refractivity contribution in [3.63, 3.8) is 0 Å². The molecule has 0 spiro atoms. The average Bonchev–Trinajstić information content (AvgIpc) is 2.35. The third-order valence-corrected chi connectivity index (χ3v) is 2.69. The van der Waals surface area contributed by atoms with Gasteiger partial charge in [-0.2, -0.15) is 0 Å². The molecule has 1 aromatic rings. The fourth-order valence-electron chi connectivity index (χ4n) is 1.61. The summed E-state index contributed by atoms with van der Waals surface area (Å²) in [5, 5.41) is 12.3. The van der Waals surface area contributed by atoms with Gasteiger partial charge in [-0.15, -0.1) is 0 Å². The van der Waals surface area contributed by atoms with Gasteiger partial charge in [-0.1, -0.05) is 12.1 Å². The maximum atomic E-state index is 11.0. The Labute approximate surface area is 103 Å². The highest BCUT2D eigenvalue weighted by atomic mass is 35.5. The Morgan fingerprint density at radius 1 is 1.47 bits per heavy atom. The van der Waals surface area contributed by atoms with E-state index < -0.39 is 11.9 Å². The van der Waals surface area contributed by atoms with Crippen LogP contribution in [-0.2, 0) is 11.3 Å². The van der Waals surface area contributed by atoms with Gasteiger partial charge >= 0.3 is 0 Å². The monoisotopic (exact) mass is 253 g/mol. The number of carbonyl (C=O) groups is 1. The molecule has 1 aliphatic carbocycles. The van der Waals surface area contributed by atoms with Crippen LogP contribution in [0.5, 0.6) is 0 Å². The van der Waals surface area contributed by atoms with Gasteiger partial charge in [0.05, 0.1) is 5.70 Å². The first-order valence-electron chi connectivity index (χ1n) is 5.05. The molecule has 1 atom stereocenters. The summed E-state index contributed by atoms with van der Waals surface area (Å²) in [5.74, 6) is -0.439. The number of nitrogens with one attached hydrogen (secondary N) is 2. The Balaban J connectivity index is 2.15. The molecular weight excluding hydrogens is 242 g/mol. The van der Waals surface area contributed by atoms with Gasteiger partial charge in [0.2, 0.25) is 5.78 Å². The van der Waals surface area contributed by atoms with Gasteiger partial charge < -0.3 is 16.2 Å². The zero-order valence-corrected chi connectivity index (χ0v) is 9.66. The number of Topliss-reactive ketones (excluding diaryl/α,β-unsaturated/α-hetero) is 1. The van der Waals surface area contributed by atoms with Crippen molar-refractivity contribution in [3.05, 3.63) is 41.2 Å². The molecule has 2 rings (SSSR count). The number of hydrogen-bond acceptors (Lipinski definition) is 5. The molecular formula is C11H12ClN3O2. The summed E-state index contributed by atoms with van der Waals surface area (Å²) in [4.78, 5) is 13.6. The Morgan fingerprint density at radius 2 is 2.24 bits per heavy atom. The Hall–Kier alpha value is -1.56. The zero-order valence-electron chi connectivity index (χ0n) is 8.90. The van der Waals surface area contributed by atoms with Gasteiger partial charge in [0.25, 0.3) is 0 Å². The summed E-state index contributed by atoms with van der Waals surface area (Å²) in [7, 11) is 0. The predicted octanol–water partition coefficient (Wildman–Crippen LogP) is 0.456. The lowest BCUT2D eigenvalue weighted by Gasteiger charge is -2.26. The minimum atomic E-state index is -1.13. The molecule has 5 N–H and O–H groups in total. The van der Waals surface area contributed by atoms with Crippen LogP contribution in [0.2, 0.25) is 0 Å². The van der Waals surface area contributed by atoms with Crippen molar-refractivity contribution in [1.82, 2.24) is 4.84 Å². The molecule has 17 heavy (non-hydrogen) atoms. The summed E-state index contributed by atoms with van der Waals surface area (Å²) in [6, 6.07) is 7.41. The Bertz CT molecular complexity index is 487. The molecule has 0 aliphatic heterocycles. The van der Waals surface area contributed by atoms with Crippen molar-refractivity contribution < 1.29 is 9.90 Å². The molecule has 1 aliphatic rings. The van der Waals surface area contributed by atoms with Crippen LogP contribution in [-0.4, -0.2) is 17.0 Å². The van der Waals surface area contributed by atoms with E-state index in [1.54, 1.807) is 0 Å². The SMILES string of the molecule is NC1=C(Nc2cccc(CNCl)c2)C(O)C1=O. The van der Waals surface area contributed by atoms with Crippen LogP contribution in [0.25, 0.3) is 0 Å². The second-order valence-electron chi connectivity index (χ2n) is 3.73. The average molecular weight is 254 g/mol. The highest BCUT2D eigenvalue weighted by molar-refractivity contribution is 6.13. The molecule has 0 saturated carbocycles. The van der Waals surface area contributed by atoms with E-state index in [2.05, 4.69) is 10.2 Å². The van der Waals surface area contributed by atoms with Gasteiger partial charge in [0.15, 0.2) is 6.10 Å². The third kappa shape index (κ3) is 2.26. The van der Waals surface area contributed by atoms with Gasteiger partial charge in [-0.05, 0) is 29.5 Å². The van der Waals surface area contributed by atoms with Crippen LogP contribution in [0.15, 0.2) is 35.7 Å². The number of carbonyl (C=O) groups excluding carboxylic acids is 1. The molecule has 1 aromatic carbocycles. The van der Waals surface area contributed by atoms with E-state index in [0.717, 1.165) is 11.3 Å². The first-order valence-corrected chi connectivity index (χ1v) is 5.42. The molecule has 6 heteroatoms. The summed E-state index contributed by atoms with van der Waals surface area (Å²) in [6.45, 7) is 0.521. The van der Waals surface area contributed by atoms with E-state index >= 15 is 0 Å². The van der Waals surface area contributed by atoms with Crippen LogP contribution >= 0.6 is 11.8 Å². The number of nitrogens with two attached hydrogens (primary N) is 1. The number of benzene rings is 1. The van der Waals surface area contributed by atoms with Gasteiger partial charge in [-0.25, -0.2) is 4.84 Å². The molecule has 0 amide bonds. The molecule has 0 bridgehead atoms. The Morgan fingerprint density at radius 3 is 2.88 bits per heavy atom. The van der Waals surface area contributed by atoms with Crippen molar-refractivity contribution in [2.24, 2.45) is 5.73 Å². The molecule has 0 fully saturated rings. The minimum absolute atomic E-state index is 0.0818. The molecule has 0 aromatic heterocycles. The molecule has 0 radical (unpaired) electrons. The first-order chi connectivity index (χ1) is 8.13. The second-order valence-corrected chi connectivity index (χ2v) is 4.00. The summed E-state index contributed by atoms with van der Waals surface area (Å²) >= 11 is 5.41. The van der Waals surface area contributed by atoms with E-state index in [1.165, 1.54) is 0 Å². The molecule has 90 valence electrons. The number of hydrogen-bond donors (Lipinski definition) is 4. The maximum Gasteiger partial charge on any atom is 0.214 e. The smallest absolute Gasteiger partial charge is 0.214 e. The van der Waals surface area contributed by atoms with Crippen LogP contribution in [0.1, 0.15) is 5.56 Å². The predicted molar refractivity (Wildman–Crippen MR) is 65.0 cm³/mol. The maximum absolute atomic E-state index is 11.0. The number of rotatable bonds is 4. The summed E-state index contributed by atoms with van der Waals surface area (Å²) in [6.07, 6.45) is -1.13. The van der Waals surface area contributed by atoms with Crippen molar-refractivity contribution >= 4 is 23.2 Å². The first kappa shape index (κ1) is 11.9. The number of aliphatic hydroxyl groups excluding tert-OH is 1. The van der Waals surface area contributed by atoms with Gasteiger partial charge in [-0.3, -0.25) is 4.79 Å². The number of ketones is 1. The number of aliphatic hydroxyl groups is 1. The zero-order chi connectivity index (χ0) is 12.4. The van der Waals surface area contributed by atoms with E-state index in [0.29, 0.717) is 12.2 Å². The molecule has 0 saturated heterocycles. The molecule has 0 heterocycles. The van der Waals surface area contributed by atoms with E-state index in [-0.39, 0.29) is 5.70 Å². The van der Waals surface area contributed by atoms with E-state index in [1.807, 2.05) is 24.3 Å².